The normalized spacial score (nSPS) is 12.0. The van der Waals surface area contributed by atoms with Gasteiger partial charge in [0.15, 0.2) is 0 Å². The van der Waals surface area contributed by atoms with Crippen LogP contribution in [0.5, 0.6) is 0 Å². The zero-order valence-electron chi connectivity index (χ0n) is 11.2. The van der Waals surface area contributed by atoms with E-state index in [0.29, 0.717) is 5.41 Å². The van der Waals surface area contributed by atoms with Crippen molar-refractivity contribution in [3.05, 3.63) is 10.0 Å². The van der Waals surface area contributed by atoms with Gasteiger partial charge < -0.3 is 10.1 Å². The minimum Gasteiger partial charge on any atom is -0.383 e. The number of nitrogens with zero attached hydrogens (tertiary/aromatic N) is 2. The highest BCUT2D eigenvalue weighted by atomic mass is 32.1. The zero-order valence-corrected chi connectivity index (χ0v) is 12.1. The first-order valence-electron chi connectivity index (χ1n) is 6.02. The number of nitrogens with one attached hydrogen (secondary N) is 1. The third-order valence-corrected chi connectivity index (χ3v) is 3.34. The lowest BCUT2D eigenvalue weighted by atomic mass is 9.91. The van der Waals surface area contributed by atoms with Crippen LogP contribution in [0.25, 0.3) is 0 Å². The summed E-state index contributed by atoms with van der Waals surface area (Å²) in [6.45, 7) is 9.13. The molecule has 1 rings (SSSR count). The molecule has 0 aliphatic rings. The molecule has 0 saturated heterocycles. The Labute approximate surface area is 108 Å². The fraction of sp³-hybridized carbons (Fsp3) is 0.833. The molecule has 1 aromatic rings. The van der Waals surface area contributed by atoms with Gasteiger partial charge in [0.25, 0.3) is 0 Å². The van der Waals surface area contributed by atoms with Gasteiger partial charge in [-0.2, -0.15) is 0 Å². The van der Waals surface area contributed by atoms with Crippen molar-refractivity contribution in [2.24, 2.45) is 5.41 Å². The summed E-state index contributed by atoms with van der Waals surface area (Å²) >= 11 is 1.71. The first-order valence-corrected chi connectivity index (χ1v) is 6.84. The van der Waals surface area contributed by atoms with Gasteiger partial charge in [0.05, 0.1) is 6.61 Å². The quantitative estimate of drug-likeness (QED) is 0.761. The van der Waals surface area contributed by atoms with Crippen molar-refractivity contribution in [3.8, 4) is 0 Å². The van der Waals surface area contributed by atoms with Crippen molar-refractivity contribution >= 4 is 11.3 Å². The van der Waals surface area contributed by atoms with Crippen LogP contribution >= 0.6 is 11.3 Å². The van der Waals surface area contributed by atoms with Crippen LogP contribution in [-0.4, -0.2) is 30.5 Å². The van der Waals surface area contributed by atoms with Gasteiger partial charge in [-0.25, -0.2) is 0 Å². The van der Waals surface area contributed by atoms with E-state index in [4.69, 9.17) is 4.74 Å². The molecule has 5 heteroatoms. The summed E-state index contributed by atoms with van der Waals surface area (Å²) in [5, 5.41) is 13.9. The lowest BCUT2D eigenvalue weighted by Gasteiger charge is -2.16. The van der Waals surface area contributed by atoms with Gasteiger partial charge in [0, 0.05) is 26.6 Å². The second-order valence-corrected chi connectivity index (χ2v) is 6.47. The Morgan fingerprint density at radius 2 is 1.94 bits per heavy atom. The average molecular weight is 257 g/mol. The van der Waals surface area contributed by atoms with Gasteiger partial charge >= 0.3 is 0 Å². The minimum atomic E-state index is 0.364. The van der Waals surface area contributed by atoms with Crippen LogP contribution in [-0.2, 0) is 17.7 Å². The molecular weight excluding hydrogens is 234 g/mol. The Hall–Kier alpha value is -0.520. The predicted molar refractivity (Wildman–Crippen MR) is 71.3 cm³/mol. The molecule has 4 nitrogen and oxygen atoms in total. The molecule has 1 N–H and O–H groups in total. The van der Waals surface area contributed by atoms with Crippen molar-refractivity contribution in [1.82, 2.24) is 15.5 Å². The van der Waals surface area contributed by atoms with Gasteiger partial charge in [-0.3, -0.25) is 0 Å². The molecule has 0 unspecified atom stereocenters. The van der Waals surface area contributed by atoms with Crippen molar-refractivity contribution < 1.29 is 4.74 Å². The maximum atomic E-state index is 4.97. The van der Waals surface area contributed by atoms with Gasteiger partial charge in [0.1, 0.15) is 10.0 Å². The Morgan fingerprint density at radius 3 is 2.59 bits per heavy atom. The standard InChI is InChI=1S/C12H23N3OS/c1-12(2,3)6-5-10-14-15-11(17-10)9-13-7-8-16-4/h13H,5-9H2,1-4H3. The molecule has 0 amide bonds. The third kappa shape index (κ3) is 6.71. The molecule has 1 heterocycles. The van der Waals surface area contributed by atoms with Crippen molar-refractivity contribution in [3.63, 3.8) is 0 Å². The molecule has 0 spiro atoms. The Kier molecular flexibility index (Phi) is 6.02. The molecule has 1 aromatic heterocycles. The number of hydrogen-bond acceptors (Lipinski definition) is 5. The van der Waals surface area contributed by atoms with Gasteiger partial charge in [-0.05, 0) is 11.8 Å². The number of aromatic nitrogens is 2. The number of methoxy groups -OCH3 is 1. The maximum absolute atomic E-state index is 4.97. The first-order chi connectivity index (χ1) is 8.01. The predicted octanol–water partition coefficient (Wildman–Crippen LogP) is 2.25. The number of ether oxygens (including phenoxy) is 1. The fourth-order valence-corrected chi connectivity index (χ4v) is 2.13. The third-order valence-electron chi connectivity index (χ3n) is 2.36. The second kappa shape index (κ2) is 7.03. The molecule has 0 aliphatic heterocycles. The summed E-state index contributed by atoms with van der Waals surface area (Å²) in [4.78, 5) is 0. The van der Waals surface area contributed by atoms with Crippen LogP contribution in [0.4, 0.5) is 0 Å². The van der Waals surface area contributed by atoms with Crippen LogP contribution in [0.15, 0.2) is 0 Å². The highest BCUT2D eigenvalue weighted by molar-refractivity contribution is 7.11. The lowest BCUT2D eigenvalue weighted by molar-refractivity contribution is 0.199. The summed E-state index contributed by atoms with van der Waals surface area (Å²) in [6.07, 6.45) is 2.18. The Morgan fingerprint density at radius 1 is 1.24 bits per heavy atom. The molecule has 0 aromatic carbocycles. The van der Waals surface area contributed by atoms with Crippen LogP contribution < -0.4 is 5.32 Å². The SMILES string of the molecule is COCCNCc1nnc(CCC(C)(C)C)s1. The lowest BCUT2D eigenvalue weighted by Crippen LogP contribution is -2.18. The van der Waals surface area contributed by atoms with Crippen molar-refractivity contribution in [2.45, 2.75) is 40.2 Å². The maximum Gasteiger partial charge on any atom is 0.131 e. The van der Waals surface area contributed by atoms with Gasteiger partial charge in [0.2, 0.25) is 0 Å². The van der Waals surface area contributed by atoms with E-state index in [-0.39, 0.29) is 0 Å². The molecule has 0 saturated carbocycles. The largest absolute Gasteiger partial charge is 0.383 e. The average Bonchev–Trinajstić information content (AvgIpc) is 2.69. The molecule has 17 heavy (non-hydrogen) atoms. The highest BCUT2D eigenvalue weighted by Crippen LogP contribution is 2.22. The smallest absolute Gasteiger partial charge is 0.131 e. The monoisotopic (exact) mass is 257 g/mol. The Balaban J connectivity index is 2.28. The van der Waals surface area contributed by atoms with Crippen molar-refractivity contribution in [1.29, 1.82) is 0 Å². The first kappa shape index (κ1) is 14.5. The zero-order chi connectivity index (χ0) is 12.7. The molecular formula is C12H23N3OS. The molecule has 0 atom stereocenters. The number of hydrogen-bond donors (Lipinski definition) is 1. The number of aryl methyl sites for hydroxylation is 1. The highest BCUT2D eigenvalue weighted by Gasteiger charge is 2.12. The van der Waals surface area contributed by atoms with E-state index in [1.807, 2.05) is 0 Å². The van der Waals surface area contributed by atoms with Gasteiger partial charge in [-0.1, -0.05) is 20.8 Å². The molecule has 0 aliphatic carbocycles. The molecule has 0 radical (unpaired) electrons. The summed E-state index contributed by atoms with van der Waals surface area (Å²) in [5.41, 5.74) is 0.364. The minimum absolute atomic E-state index is 0.364. The van der Waals surface area contributed by atoms with Crippen LogP contribution in [0, 0.1) is 5.41 Å². The van der Waals surface area contributed by atoms with Crippen LogP contribution in [0.1, 0.15) is 37.2 Å². The summed E-state index contributed by atoms with van der Waals surface area (Å²) in [7, 11) is 1.71. The van der Waals surface area contributed by atoms with E-state index in [9.17, 15) is 0 Å². The van der Waals surface area contributed by atoms with E-state index < -0.39 is 0 Å². The van der Waals surface area contributed by atoms with E-state index >= 15 is 0 Å². The van der Waals surface area contributed by atoms with Crippen LogP contribution in [0.2, 0.25) is 0 Å². The number of rotatable bonds is 7. The molecule has 98 valence electrons. The summed E-state index contributed by atoms with van der Waals surface area (Å²) in [6, 6.07) is 0. The van der Waals surface area contributed by atoms with E-state index in [2.05, 4.69) is 36.3 Å². The molecule has 0 fully saturated rings. The second-order valence-electron chi connectivity index (χ2n) is 5.32. The van der Waals surface area contributed by atoms with E-state index in [1.54, 1.807) is 18.4 Å². The van der Waals surface area contributed by atoms with E-state index in [1.165, 1.54) is 0 Å². The summed E-state index contributed by atoms with van der Waals surface area (Å²) < 4.78 is 4.97. The van der Waals surface area contributed by atoms with Crippen LogP contribution in [0.3, 0.4) is 0 Å². The van der Waals surface area contributed by atoms with E-state index in [0.717, 1.165) is 42.6 Å². The van der Waals surface area contributed by atoms with Gasteiger partial charge in [-0.15, -0.1) is 21.5 Å². The van der Waals surface area contributed by atoms with Crippen molar-refractivity contribution in [2.75, 3.05) is 20.3 Å². The Bertz CT molecular complexity index is 320. The topological polar surface area (TPSA) is 47.0 Å². The summed E-state index contributed by atoms with van der Waals surface area (Å²) in [5.74, 6) is 0. The molecule has 0 bridgehead atoms. The fourth-order valence-electron chi connectivity index (χ4n) is 1.31.